The first kappa shape index (κ1) is 32.6. The number of alkyl carbamates (subject to hydrolysis) is 1. The monoisotopic (exact) mass is 646 g/mol. The van der Waals surface area contributed by atoms with Gasteiger partial charge in [-0.3, -0.25) is 4.79 Å². The van der Waals surface area contributed by atoms with Gasteiger partial charge in [-0.1, -0.05) is 6.07 Å². The molecule has 47 heavy (non-hydrogen) atoms. The highest BCUT2D eigenvalue weighted by molar-refractivity contribution is 6.05. The van der Waals surface area contributed by atoms with E-state index in [0.29, 0.717) is 11.4 Å². The number of carbonyl (C=O) groups is 2. The SMILES string of the molecule is Cc1c[n+](-c2cc(NC(=O)c3ccc(C)c(Nc4nccc(-c5ccc[n+](COC(=O)NC(C)C)c5)n4)c3)cc(C(F)(F)F)c2)c[nH]1. The van der Waals surface area contributed by atoms with Crippen molar-refractivity contribution < 1.29 is 36.6 Å². The fraction of sp³-hybridized carbons (Fsp3) is 0.212. The highest BCUT2D eigenvalue weighted by atomic mass is 19.4. The summed E-state index contributed by atoms with van der Waals surface area (Å²) in [4.78, 5) is 37.0. The molecule has 4 N–H and O–H groups in total. The summed E-state index contributed by atoms with van der Waals surface area (Å²) in [6.45, 7) is 7.29. The number of anilines is 3. The average molecular weight is 647 g/mol. The minimum atomic E-state index is -4.62. The van der Waals surface area contributed by atoms with Crippen molar-refractivity contribution in [1.82, 2.24) is 20.3 Å². The molecule has 11 nitrogen and oxygen atoms in total. The van der Waals surface area contributed by atoms with E-state index in [4.69, 9.17) is 4.74 Å². The van der Waals surface area contributed by atoms with Crippen molar-refractivity contribution in [3.05, 3.63) is 108 Å². The van der Waals surface area contributed by atoms with Gasteiger partial charge in [-0.2, -0.15) is 17.7 Å². The first-order chi connectivity index (χ1) is 22.3. The quantitative estimate of drug-likeness (QED) is 0.151. The van der Waals surface area contributed by atoms with Crippen LogP contribution in [-0.2, 0) is 17.6 Å². The molecule has 5 rings (SSSR count). The minimum absolute atomic E-state index is 0.00305. The largest absolute Gasteiger partial charge is 0.416 e. The molecule has 0 unspecified atom stereocenters. The van der Waals surface area contributed by atoms with E-state index in [9.17, 15) is 22.8 Å². The number of hydrogen-bond acceptors (Lipinski definition) is 6. The Morgan fingerprint density at radius 3 is 2.57 bits per heavy atom. The van der Waals surface area contributed by atoms with Crippen LogP contribution in [0, 0.1) is 13.8 Å². The predicted octanol–water partition coefficient (Wildman–Crippen LogP) is 5.76. The molecule has 0 aliphatic heterocycles. The van der Waals surface area contributed by atoms with Gasteiger partial charge in [0.15, 0.2) is 12.4 Å². The number of hydrogen-bond donors (Lipinski definition) is 4. The number of aromatic nitrogens is 5. The lowest BCUT2D eigenvalue weighted by molar-refractivity contribution is -0.726. The Balaban J connectivity index is 1.33. The Morgan fingerprint density at radius 2 is 1.85 bits per heavy atom. The molecule has 3 aromatic heterocycles. The number of benzene rings is 2. The fourth-order valence-corrected chi connectivity index (χ4v) is 4.57. The zero-order chi connectivity index (χ0) is 33.7. The van der Waals surface area contributed by atoms with Crippen molar-refractivity contribution in [2.75, 3.05) is 10.6 Å². The van der Waals surface area contributed by atoms with E-state index in [-0.39, 0.29) is 35.7 Å². The zero-order valence-electron chi connectivity index (χ0n) is 26.0. The van der Waals surface area contributed by atoms with E-state index in [1.165, 1.54) is 17.0 Å². The maximum Gasteiger partial charge on any atom is 0.416 e. The number of halogens is 3. The van der Waals surface area contributed by atoms with Crippen molar-refractivity contribution in [1.29, 1.82) is 0 Å². The van der Waals surface area contributed by atoms with Gasteiger partial charge in [0, 0.05) is 48.2 Å². The molecular formula is C33H33F3N8O3+2. The third kappa shape index (κ3) is 8.48. The number of alkyl halides is 3. The molecule has 0 spiro atoms. The van der Waals surface area contributed by atoms with E-state index >= 15 is 0 Å². The summed E-state index contributed by atoms with van der Waals surface area (Å²) in [6.07, 6.45) is 3.15. The Morgan fingerprint density at radius 1 is 1.04 bits per heavy atom. The number of rotatable bonds is 9. The molecule has 0 radical (unpaired) electrons. The number of carbonyl (C=O) groups excluding carboxylic acids is 2. The van der Waals surface area contributed by atoms with E-state index in [1.807, 2.05) is 26.8 Å². The van der Waals surface area contributed by atoms with Crippen LogP contribution in [0.15, 0.2) is 85.7 Å². The van der Waals surface area contributed by atoms with Crippen molar-refractivity contribution in [3.8, 4) is 16.9 Å². The number of imidazole rings is 1. The van der Waals surface area contributed by atoms with Gasteiger partial charge in [-0.25, -0.2) is 24.3 Å². The van der Waals surface area contributed by atoms with E-state index in [1.54, 1.807) is 66.6 Å². The average Bonchev–Trinajstić information content (AvgIpc) is 3.47. The highest BCUT2D eigenvalue weighted by Crippen LogP contribution is 2.32. The molecule has 2 aromatic carbocycles. The van der Waals surface area contributed by atoms with Gasteiger partial charge >= 0.3 is 12.3 Å². The number of aryl methyl sites for hydroxylation is 2. The highest BCUT2D eigenvalue weighted by Gasteiger charge is 2.32. The van der Waals surface area contributed by atoms with E-state index < -0.39 is 23.7 Å². The first-order valence-corrected chi connectivity index (χ1v) is 14.6. The van der Waals surface area contributed by atoms with Crippen molar-refractivity contribution >= 4 is 29.3 Å². The summed E-state index contributed by atoms with van der Waals surface area (Å²) in [7, 11) is 0. The Kier molecular flexibility index (Phi) is 9.49. The van der Waals surface area contributed by atoms with Crippen LogP contribution in [0.2, 0.25) is 0 Å². The molecule has 0 fully saturated rings. The molecule has 0 saturated carbocycles. The van der Waals surface area contributed by atoms with Crippen LogP contribution in [0.25, 0.3) is 16.9 Å². The molecule has 0 saturated heterocycles. The van der Waals surface area contributed by atoms with Crippen LogP contribution >= 0.6 is 0 Å². The lowest BCUT2D eigenvalue weighted by atomic mass is 10.1. The lowest BCUT2D eigenvalue weighted by Crippen LogP contribution is -2.39. The fourth-order valence-electron chi connectivity index (χ4n) is 4.57. The molecule has 0 bridgehead atoms. The van der Waals surface area contributed by atoms with Crippen LogP contribution in [0.3, 0.4) is 0 Å². The Hall–Kier alpha value is -5.79. The van der Waals surface area contributed by atoms with E-state index in [0.717, 1.165) is 29.0 Å². The number of H-pyrrole nitrogens is 1. The third-order valence-corrected chi connectivity index (χ3v) is 6.87. The van der Waals surface area contributed by atoms with Crippen LogP contribution < -0.4 is 25.1 Å². The molecule has 0 aliphatic rings. The lowest BCUT2D eigenvalue weighted by Gasteiger charge is -2.13. The summed E-state index contributed by atoms with van der Waals surface area (Å²) < 4.78 is 49.6. The molecule has 3 heterocycles. The summed E-state index contributed by atoms with van der Waals surface area (Å²) in [5, 5.41) is 8.40. The standard InChI is InChI=1S/C33H31F3N8O3/c1-20(2)39-32(46)47-19-43-11-5-6-24(17-43)28-9-10-37-31(41-28)42-29-12-23(8-7-21(29)3)30(45)40-26-13-25(33(34,35)36)14-27(15-26)44-16-22(4)38-18-44/h5-18,20H,19H2,1-4H3,(H2-,37,39,40,41,42,45,46)/p+2. The zero-order valence-corrected chi connectivity index (χ0v) is 26.0. The van der Waals surface area contributed by atoms with Crippen LogP contribution in [0.1, 0.15) is 41.0 Å². The number of pyridine rings is 1. The van der Waals surface area contributed by atoms with Gasteiger partial charge in [0.05, 0.1) is 16.8 Å². The topological polar surface area (TPSA) is 129 Å². The minimum Gasteiger partial charge on any atom is -0.388 e. The van der Waals surface area contributed by atoms with Gasteiger partial charge < -0.3 is 20.7 Å². The summed E-state index contributed by atoms with van der Waals surface area (Å²) in [5.74, 6) is -0.339. The maximum absolute atomic E-state index is 13.7. The van der Waals surface area contributed by atoms with Gasteiger partial charge in [-0.05, 0) is 62.7 Å². The molecule has 5 aromatic rings. The van der Waals surface area contributed by atoms with Gasteiger partial charge in [0.2, 0.25) is 12.3 Å². The summed E-state index contributed by atoms with van der Waals surface area (Å²) in [6, 6.07) is 13.6. The normalized spacial score (nSPS) is 11.3. The summed E-state index contributed by atoms with van der Waals surface area (Å²) >= 11 is 0. The molecule has 242 valence electrons. The Bertz CT molecular complexity index is 1920. The van der Waals surface area contributed by atoms with Crippen molar-refractivity contribution in [3.63, 3.8) is 0 Å². The van der Waals surface area contributed by atoms with Crippen LogP contribution in [0.5, 0.6) is 0 Å². The number of nitrogens with one attached hydrogen (secondary N) is 4. The second-order valence-corrected chi connectivity index (χ2v) is 11.1. The van der Waals surface area contributed by atoms with Crippen molar-refractivity contribution in [2.24, 2.45) is 0 Å². The third-order valence-electron chi connectivity index (χ3n) is 6.87. The molecule has 14 heteroatoms. The first-order valence-electron chi connectivity index (χ1n) is 14.6. The van der Waals surface area contributed by atoms with Crippen LogP contribution in [-0.4, -0.2) is 33.0 Å². The van der Waals surface area contributed by atoms with Crippen LogP contribution in [0.4, 0.5) is 35.3 Å². The van der Waals surface area contributed by atoms with E-state index in [2.05, 4.69) is 30.9 Å². The Labute approximate surface area is 268 Å². The van der Waals surface area contributed by atoms with Gasteiger partial charge in [0.1, 0.15) is 17.6 Å². The predicted molar refractivity (Wildman–Crippen MR) is 167 cm³/mol. The van der Waals surface area contributed by atoms with Crippen molar-refractivity contribution in [2.45, 2.75) is 46.6 Å². The molecule has 0 aliphatic carbocycles. The number of ether oxygens (including phenoxy) is 1. The molecule has 2 amide bonds. The maximum atomic E-state index is 13.7. The number of aromatic amines is 1. The summed E-state index contributed by atoms with van der Waals surface area (Å²) in [5.41, 5.74) is 2.94. The molecular weight excluding hydrogens is 613 g/mol. The number of nitrogens with zero attached hydrogens (tertiary/aromatic N) is 4. The molecule has 0 atom stereocenters. The van der Waals surface area contributed by atoms with Gasteiger partial charge in [-0.15, -0.1) is 0 Å². The van der Waals surface area contributed by atoms with Gasteiger partial charge in [0.25, 0.3) is 12.6 Å². The second kappa shape index (κ2) is 13.7. The second-order valence-electron chi connectivity index (χ2n) is 11.1. The number of amides is 2. The smallest absolute Gasteiger partial charge is 0.388 e.